The van der Waals surface area contributed by atoms with Crippen molar-refractivity contribution in [3.05, 3.63) is 89.5 Å². The molecule has 9 heteroatoms. The van der Waals surface area contributed by atoms with Crippen LogP contribution < -0.4 is 14.4 Å². The second kappa shape index (κ2) is 14.9. The number of para-hydroxylation sites is 2. The molecular weight excluding hydrogens is 550 g/mol. The van der Waals surface area contributed by atoms with Crippen LogP contribution in [-0.4, -0.2) is 50.4 Å². The molecule has 2 amide bonds. The van der Waals surface area contributed by atoms with Crippen LogP contribution in [0.2, 0.25) is 0 Å². The van der Waals surface area contributed by atoms with E-state index in [0.717, 1.165) is 27.4 Å². The Morgan fingerprint density at radius 3 is 2.19 bits per heavy atom. The van der Waals surface area contributed by atoms with Crippen molar-refractivity contribution in [1.29, 1.82) is 0 Å². The van der Waals surface area contributed by atoms with Gasteiger partial charge in [0.2, 0.25) is 11.8 Å². The summed E-state index contributed by atoms with van der Waals surface area (Å²) in [5.41, 5.74) is 3.03. The van der Waals surface area contributed by atoms with Gasteiger partial charge >= 0.3 is 0 Å². The van der Waals surface area contributed by atoms with Crippen molar-refractivity contribution in [3.63, 3.8) is 0 Å². The van der Waals surface area contributed by atoms with Gasteiger partial charge in [-0.1, -0.05) is 73.5 Å². The summed E-state index contributed by atoms with van der Waals surface area (Å²) < 4.78 is 35.2. The summed E-state index contributed by atoms with van der Waals surface area (Å²) in [6, 6.07) is 20.1. The van der Waals surface area contributed by atoms with Crippen LogP contribution in [0.1, 0.15) is 57.2 Å². The molecule has 0 aliphatic carbocycles. The van der Waals surface area contributed by atoms with Gasteiger partial charge < -0.3 is 15.0 Å². The Morgan fingerprint density at radius 1 is 0.881 bits per heavy atom. The summed E-state index contributed by atoms with van der Waals surface area (Å²) >= 11 is 0. The molecule has 0 aromatic heterocycles. The third-order valence-corrected chi connectivity index (χ3v) is 8.92. The Balaban J connectivity index is 2.11. The molecule has 0 heterocycles. The van der Waals surface area contributed by atoms with E-state index in [2.05, 4.69) is 5.32 Å². The zero-order chi connectivity index (χ0) is 30.9. The number of ether oxygens (including phenoxy) is 1. The average molecular weight is 594 g/mol. The first-order valence-corrected chi connectivity index (χ1v) is 15.9. The molecule has 3 aromatic rings. The largest absolute Gasteiger partial charge is 0.492 e. The Morgan fingerprint density at radius 2 is 1.57 bits per heavy atom. The number of hydrogen-bond donors (Lipinski definition) is 1. The summed E-state index contributed by atoms with van der Waals surface area (Å²) in [5, 5.41) is 3.00. The standard InChI is InChI=1S/C33H43N3O5S/c1-7-26(6)34-33(38)29(8-2)35(22-27-14-12-13-25(5)21-27)32(37)23-36(30-15-10-11-16-31(30)41-9-3)42(39,40)28-19-17-24(4)18-20-28/h10-21,26,29H,7-9,22-23H2,1-6H3,(H,34,38). The Labute approximate surface area is 250 Å². The van der Waals surface area contributed by atoms with E-state index in [4.69, 9.17) is 4.74 Å². The quantitative estimate of drug-likeness (QED) is 0.262. The first kappa shape index (κ1) is 32.7. The number of amides is 2. The zero-order valence-electron chi connectivity index (χ0n) is 25.5. The van der Waals surface area contributed by atoms with Gasteiger partial charge in [0.15, 0.2) is 0 Å². The van der Waals surface area contributed by atoms with Crippen molar-refractivity contribution in [2.24, 2.45) is 0 Å². The number of nitrogens with one attached hydrogen (secondary N) is 1. The van der Waals surface area contributed by atoms with Gasteiger partial charge in [0, 0.05) is 12.6 Å². The minimum Gasteiger partial charge on any atom is -0.492 e. The molecule has 0 aliphatic rings. The first-order valence-electron chi connectivity index (χ1n) is 14.5. The van der Waals surface area contributed by atoms with Crippen LogP contribution in [0.25, 0.3) is 0 Å². The van der Waals surface area contributed by atoms with Crippen molar-refractivity contribution in [2.75, 3.05) is 17.5 Å². The number of sulfonamides is 1. The van der Waals surface area contributed by atoms with E-state index in [0.29, 0.717) is 18.8 Å². The predicted molar refractivity (Wildman–Crippen MR) is 167 cm³/mol. The molecule has 1 N–H and O–H groups in total. The van der Waals surface area contributed by atoms with E-state index >= 15 is 0 Å². The van der Waals surface area contributed by atoms with E-state index in [9.17, 15) is 18.0 Å². The Bertz CT molecular complexity index is 1460. The number of anilines is 1. The Kier molecular flexibility index (Phi) is 11.6. The summed E-state index contributed by atoms with van der Waals surface area (Å²) in [7, 11) is -4.19. The number of carbonyl (C=O) groups excluding carboxylic acids is 2. The molecule has 0 bridgehead atoms. The lowest BCUT2D eigenvalue weighted by molar-refractivity contribution is -0.140. The SMILES string of the molecule is CCOc1ccccc1N(CC(=O)N(Cc1cccc(C)c1)C(CC)C(=O)NC(C)CC)S(=O)(=O)c1ccc(C)cc1. The molecule has 3 aromatic carbocycles. The topological polar surface area (TPSA) is 96.0 Å². The number of hydrogen-bond acceptors (Lipinski definition) is 5. The molecule has 8 nitrogen and oxygen atoms in total. The number of benzene rings is 3. The van der Waals surface area contributed by atoms with Crippen LogP contribution in [0.4, 0.5) is 5.69 Å². The van der Waals surface area contributed by atoms with Gasteiger partial charge in [0.25, 0.3) is 10.0 Å². The highest BCUT2D eigenvalue weighted by Gasteiger charge is 2.35. The number of rotatable bonds is 14. The van der Waals surface area contributed by atoms with E-state index in [1.54, 1.807) is 36.4 Å². The molecule has 0 spiro atoms. The molecule has 2 atom stereocenters. The van der Waals surface area contributed by atoms with Crippen molar-refractivity contribution in [3.8, 4) is 5.75 Å². The number of carbonyl (C=O) groups is 2. The normalized spacial score (nSPS) is 12.7. The second-order valence-corrected chi connectivity index (χ2v) is 12.3. The minimum atomic E-state index is -4.19. The van der Waals surface area contributed by atoms with Crippen LogP contribution in [0.5, 0.6) is 5.75 Å². The maximum Gasteiger partial charge on any atom is 0.264 e. The summed E-state index contributed by atoms with van der Waals surface area (Å²) in [6.45, 7) is 11.3. The highest BCUT2D eigenvalue weighted by Crippen LogP contribution is 2.33. The maximum atomic E-state index is 14.3. The fourth-order valence-electron chi connectivity index (χ4n) is 4.66. The summed E-state index contributed by atoms with van der Waals surface area (Å²) in [4.78, 5) is 29.3. The molecule has 226 valence electrons. The lowest BCUT2D eigenvalue weighted by atomic mass is 10.1. The van der Waals surface area contributed by atoms with Crippen molar-refractivity contribution in [2.45, 2.75) is 77.9 Å². The molecule has 0 saturated carbocycles. The molecule has 2 unspecified atom stereocenters. The van der Waals surface area contributed by atoms with Crippen molar-refractivity contribution >= 4 is 27.5 Å². The number of nitrogens with zero attached hydrogens (tertiary/aromatic N) is 2. The molecule has 42 heavy (non-hydrogen) atoms. The molecular formula is C33H43N3O5S. The van der Waals surface area contributed by atoms with Crippen molar-refractivity contribution in [1.82, 2.24) is 10.2 Å². The van der Waals surface area contributed by atoms with Crippen LogP contribution in [0.15, 0.2) is 77.7 Å². The fourth-order valence-corrected chi connectivity index (χ4v) is 6.08. The monoisotopic (exact) mass is 593 g/mol. The van der Waals surface area contributed by atoms with Gasteiger partial charge in [-0.25, -0.2) is 8.42 Å². The summed E-state index contributed by atoms with van der Waals surface area (Å²) in [5.74, 6) is -0.421. The van der Waals surface area contributed by atoms with Crippen LogP contribution in [-0.2, 0) is 26.2 Å². The fraction of sp³-hybridized carbons (Fsp3) is 0.394. The van der Waals surface area contributed by atoms with E-state index in [1.165, 1.54) is 17.0 Å². The first-order chi connectivity index (χ1) is 20.0. The van der Waals surface area contributed by atoms with Crippen LogP contribution in [0, 0.1) is 13.8 Å². The zero-order valence-corrected chi connectivity index (χ0v) is 26.3. The van der Waals surface area contributed by atoms with Gasteiger partial charge in [-0.15, -0.1) is 0 Å². The molecule has 0 fully saturated rings. The second-order valence-electron chi connectivity index (χ2n) is 10.5. The molecule has 0 aliphatic heterocycles. The van der Waals surface area contributed by atoms with E-state index in [-0.39, 0.29) is 29.1 Å². The molecule has 0 radical (unpaired) electrons. The summed E-state index contributed by atoms with van der Waals surface area (Å²) in [6.07, 6.45) is 1.10. The number of aryl methyl sites for hydroxylation is 2. The highest BCUT2D eigenvalue weighted by atomic mass is 32.2. The Hall–Kier alpha value is -3.85. The predicted octanol–water partition coefficient (Wildman–Crippen LogP) is 5.62. The third-order valence-electron chi connectivity index (χ3n) is 7.14. The maximum absolute atomic E-state index is 14.3. The lowest BCUT2D eigenvalue weighted by Gasteiger charge is -2.34. The van der Waals surface area contributed by atoms with Crippen LogP contribution in [0.3, 0.4) is 0 Å². The average Bonchev–Trinajstić information content (AvgIpc) is 2.96. The van der Waals surface area contributed by atoms with Crippen molar-refractivity contribution < 1.29 is 22.7 Å². The van der Waals surface area contributed by atoms with Gasteiger partial charge in [-0.05, 0) is 70.4 Å². The smallest absolute Gasteiger partial charge is 0.264 e. The lowest BCUT2D eigenvalue weighted by Crippen LogP contribution is -2.53. The van der Waals surface area contributed by atoms with E-state index in [1.807, 2.05) is 65.8 Å². The van der Waals surface area contributed by atoms with Gasteiger partial charge in [-0.3, -0.25) is 13.9 Å². The van der Waals surface area contributed by atoms with Gasteiger partial charge in [0.1, 0.15) is 18.3 Å². The van der Waals surface area contributed by atoms with Gasteiger partial charge in [0.05, 0.1) is 17.2 Å². The molecule has 0 saturated heterocycles. The molecule has 3 rings (SSSR count). The van der Waals surface area contributed by atoms with E-state index < -0.39 is 28.5 Å². The third kappa shape index (κ3) is 8.12. The highest BCUT2D eigenvalue weighted by molar-refractivity contribution is 7.92. The van der Waals surface area contributed by atoms with Crippen LogP contribution >= 0.6 is 0 Å². The van der Waals surface area contributed by atoms with Gasteiger partial charge in [-0.2, -0.15) is 0 Å². The minimum absolute atomic E-state index is 0.0546.